The van der Waals surface area contributed by atoms with Crippen molar-refractivity contribution in [3.63, 3.8) is 0 Å². The Bertz CT molecular complexity index is 812. The minimum atomic E-state index is -6.61. The Hall–Kier alpha value is -0.850. The van der Waals surface area contributed by atoms with Gasteiger partial charge in [-0.3, -0.25) is 0 Å². The van der Waals surface area contributed by atoms with Crippen molar-refractivity contribution in [1.29, 1.82) is 0 Å². The summed E-state index contributed by atoms with van der Waals surface area (Å²) in [6.45, 7) is -2.77. The molecule has 19 heteroatoms. The molecule has 0 spiro atoms. The van der Waals surface area contributed by atoms with E-state index in [0.717, 1.165) is 0 Å². The predicted octanol–water partition coefficient (Wildman–Crippen LogP) is 7.04. The van der Waals surface area contributed by atoms with Crippen molar-refractivity contribution in [3.05, 3.63) is 4.77 Å². The second-order valence-electron chi connectivity index (χ2n) is 6.29. The average Bonchev–Trinajstić information content (AvgIpc) is 2.78. The van der Waals surface area contributed by atoms with Gasteiger partial charge in [-0.15, -0.1) is 25.3 Å². The van der Waals surface area contributed by atoms with Crippen molar-refractivity contribution in [2.24, 2.45) is 0 Å². The molecule has 0 aliphatic heterocycles. The normalized spacial score (nSPS) is 14.9. The Labute approximate surface area is 185 Å². The number of alkyl halides is 14. The zero-order valence-electron chi connectivity index (χ0n) is 14.8. The Balaban J connectivity index is 3.16. The summed E-state index contributed by atoms with van der Waals surface area (Å²) in [6.07, 6.45) is -17.6. The molecule has 1 heterocycles. The highest BCUT2D eigenvalue weighted by atomic mass is 32.1. The van der Waals surface area contributed by atoms with Crippen LogP contribution in [-0.4, -0.2) is 45.2 Å². The highest BCUT2D eigenvalue weighted by Crippen LogP contribution is 2.49. The molecular weight excluding hydrogens is 546 g/mol. The van der Waals surface area contributed by atoms with Crippen LogP contribution in [0, 0.1) is 4.77 Å². The molecule has 1 aromatic heterocycles. The number of hydrogen-bond donors (Lipinski definition) is 2. The van der Waals surface area contributed by atoms with E-state index < -0.39 is 76.8 Å². The van der Waals surface area contributed by atoms with Gasteiger partial charge in [-0.1, -0.05) is 0 Å². The van der Waals surface area contributed by atoms with E-state index in [2.05, 4.69) is 37.5 Å². The summed E-state index contributed by atoms with van der Waals surface area (Å²) in [5.41, 5.74) is 0. The molecule has 0 aliphatic rings. The molecule has 0 aromatic carbocycles. The summed E-state index contributed by atoms with van der Waals surface area (Å²) >= 11 is 11.9. The van der Waals surface area contributed by atoms with Gasteiger partial charge >= 0.3 is 36.0 Å². The lowest BCUT2D eigenvalue weighted by Gasteiger charge is -2.28. The molecule has 0 fully saturated rings. The third kappa shape index (κ3) is 5.12. The second-order valence-corrected chi connectivity index (χ2v) is 7.50. The first-order chi connectivity index (χ1) is 13.9. The van der Waals surface area contributed by atoms with Crippen LogP contribution >= 0.6 is 37.5 Å². The van der Waals surface area contributed by atoms with E-state index >= 15 is 0 Å². The summed E-state index contributed by atoms with van der Waals surface area (Å²) in [5, 5.41) is -1.26. The van der Waals surface area contributed by atoms with E-state index in [1.54, 1.807) is 0 Å². The van der Waals surface area contributed by atoms with E-state index in [1.807, 2.05) is 0 Å². The molecule has 1 aromatic rings. The van der Waals surface area contributed by atoms with E-state index in [-0.39, 0.29) is 0 Å². The summed E-state index contributed by atoms with van der Waals surface area (Å²) in [7, 11) is 0. The van der Waals surface area contributed by atoms with Gasteiger partial charge in [0.05, 0.1) is 0 Å². The van der Waals surface area contributed by atoms with Gasteiger partial charge in [0.15, 0.2) is 4.77 Å². The van der Waals surface area contributed by atoms with Crippen LogP contribution in [-0.2, 0) is 13.1 Å². The first-order valence-electron chi connectivity index (χ1n) is 7.78. The maximum Gasteiger partial charge on any atom is 0.459 e. The van der Waals surface area contributed by atoms with Gasteiger partial charge < -0.3 is 9.13 Å². The van der Waals surface area contributed by atoms with Crippen molar-refractivity contribution in [1.82, 2.24) is 9.13 Å². The van der Waals surface area contributed by atoms with Crippen LogP contribution in [0.2, 0.25) is 0 Å². The topological polar surface area (TPSA) is 9.86 Å². The highest BCUT2D eigenvalue weighted by Gasteiger charge is 2.73. The van der Waals surface area contributed by atoms with Crippen LogP contribution in [0.15, 0.2) is 10.1 Å². The lowest BCUT2D eigenvalue weighted by Crippen LogP contribution is -2.52. The molecule has 0 saturated carbocycles. The molecule has 0 unspecified atom stereocenters. The van der Waals surface area contributed by atoms with Gasteiger partial charge in [-0.2, -0.15) is 61.5 Å². The average molecular weight is 556 g/mol. The molecule has 32 heavy (non-hydrogen) atoms. The third-order valence-electron chi connectivity index (χ3n) is 4.10. The summed E-state index contributed by atoms with van der Waals surface area (Å²) in [5.74, 6) is -24.2. The lowest BCUT2D eigenvalue weighted by molar-refractivity contribution is -0.356. The summed E-state index contributed by atoms with van der Waals surface area (Å²) in [6, 6.07) is 0. The number of thiol groups is 2. The number of imidazole rings is 1. The van der Waals surface area contributed by atoms with Crippen LogP contribution in [0.3, 0.4) is 0 Å². The van der Waals surface area contributed by atoms with E-state index in [1.165, 1.54) is 0 Å². The quantitative estimate of drug-likeness (QED) is 0.199. The third-order valence-corrected chi connectivity index (χ3v) is 5.63. The van der Waals surface area contributed by atoms with Crippen molar-refractivity contribution < 1.29 is 61.5 Å². The Kier molecular flexibility index (Phi) is 7.97. The highest BCUT2D eigenvalue weighted by molar-refractivity contribution is 7.83. The van der Waals surface area contributed by atoms with Gasteiger partial charge in [0.1, 0.15) is 10.1 Å². The van der Waals surface area contributed by atoms with Gasteiger partial charge in [-0.05, 0) is 12.2 Å². The predicted molar refractivity (Wildman–Crippen MR) is 88.9 cm³/mol. The fourth-order valence-electron chi connectivity index (χ4n) is 2.20. The van der Waals surface area contributed by atoms with E-state index in [0.29, 0.717) is 9.13 Å². The minimum absolute atomic E-state index is 0.348. The molecule has 0 saturated heterocycles. The van der Waals surface area contributed by atoms with Gasteiger partial charge in [0.25, 0.3) is 0 Å². The molecule has 0 atom stereocenters. The maximum absolute atomic E-state index is 13.4. The second kappa shape index (κ2) is 8.74. The minimum Gasteiger partial charge on any atom is -0.311 e. The van der Waals surface area contributed by atoms with Crippen LogP contribution in [0.25, 0.3) is 0 Å². The fourth-order valence-corrected chi connectivity index (χ4v) is 3.34. The standard InChI is InChI=1S/C13H10F14N2S3/c14-8(15,10(18,19)12(22,23)24)1-3-28-5(30)6(31)29(7(28)32)4-2-9(16,17)11(20,21)13(25,26)27/h30-31H,1-4H2. The largest absolute Gasteiger partial charge is 0.459 e. The van der Waals surface area contributed by atoms with Gasteiger partial charge in [0.2, 0.25) is 0 Å². The SMILES string of the molecule is FC(F)(F)C(F)(F)C(F)(F)CCn1c(S)c(S)n(CCC(F)(F)C(F)(F)C(F)(F)F)c1=S. The number of nitrogens with zero attached hydrogens (tertiary/aromatic N) is 2. The zero-order valence-corrected chi connectivity index (χ0v) is 17.4. The molecule has 2 nitrogen and oxygen atoms in total. The Morgan fingerprint density at radius 3 is 1.03 bits per heavy atom. The van der Waals surface area contributed by atoms with E-state index in [9.17, 15) is 61.5 Å². The summed E-state index contributed by atoms with van der Waals surface area (Å²) in [4.78, 5) is 0. The Morgan fingerprint density at radius 1 is 0.562 bits per heavy atom. The molecule has 0 aliphatic carbocycles. The van der Waals surface area contributed by atoms with Crippen molar-refractivity contribution in [3.8, 4) is 0 Å². The summed E-state index contributed by atoms with van der Waals surface area (Å²) < 4.78 is 178. The fraction of sp³-hybridized carbons (Fsp3) is 0.769. The molecule has 0 amide bonds. The zero-order chi connectivity index (χ0) is 25.7. The monoisotopic (exact) mass is 556 g/mol. The van der Waals surface area contributed by atoms with Gasteiger partial charge in [-0.25, -0.2) is 0 Å². The number of halogens is 14. The van der Waals surface area contributed by atoms with Crippen LogP contribution in [0.5, 0.6) is 0 Å². The first kappa shape index (κ1) is 29.2. The number of rotatable bonds is 8. The van der Waals surface area contributed by atoms with Gasteiger partial charge in [0, 0.05) is 25.9 Å². The Morgan fingerprint density at radius 2 is 0.812 bits per heavy atom. The smallest absolute Gasteiger partial charge is 0.311 e. The first-order valence-corrected chi connectivity index (χ1v) is 9.08. The molecule has 0 N–H and O–H groups in total. The molecule has 188 valence electrons. The van der Waals surface area contributed by atoms with Crippen molar-refractivity contribution in [2.75, 3.05) is 0 Å². The molecule has 0 radical (unpaired) electrons. The number of aromatic nitrogens is 2. The number of hydrogen-bond acceptors (Lipinski definition) is 3. The van der Waals surface area contributed by atoms with Crippen molar-refractivity contribution >= 4 is 37.5 Å². The molecular formula is C13H10F14N2S3. The van der Waals surface area contributed by atoms with Crippen LogP contribution < -0.4 is 0 Å². The van der Waals surface area contributed by atoms with E-state index in [4.69, 9.17) is 0 Å². The van der Waals surface area contributed by atoms with Crippen LogP contribution in [0.4, 0.5) is 61.5 Å². The molecule has 0 bridgehead atoms. The van der Waals surface area contributed by atoms with Crippen LogP contribution in [0.1, 0.15) is 12.8 Å². The molecule has 1 rings (SSSR count). The van der Waals surface area contributed by atoms with Crippen molar-refractivity contribution in [2.45, 2.75) is 72.0 Å². The lowest BCUT2D eigenvalue weighted by atomic mass is 10.1. The maximum atomic E-state index is 13.4.